The van der Waals surface area contributed by atoms with E-state index in [9.17, 15) is 14.4 Å². The van der Waals surface area contributed by atoms with Crippen LogP contribution >= 0.6 is 0 Å². The third-order valence-electron chi connectivity index (χ3n) is 4.36. The van der Waals surface area contributed by atoms with Gasteiger partial charge in [0.1, 0.15) is 24.2 Å². The molecule has 2 unspecified atom stereocenters. The Hall–Kier alpha value is -2.91. The van der Waals surface area contributed by atoms with E-state index in [1.807, 2.05) is 6.07 Å². The third kappa shape index (κ3) is 3.78. The zero-order chi connectivity index (χ0) is 17.8. The van der Waals surface area contributed by atoms with Gasteiger partial charge in [0.05, 0.1) is 11.6 Å². The lowest BCUT2D eigenvalue weighted by Gasteiger charge is -2.15. The van der Waals surface area contributed by atoms with Crippen LogP contribution in [0.1, 0.15) is 35.6 Å². The van der Waals surface area contributed by atoms with Gasteiger partial charge in [0.25, 0.3) is 0 Å². The van der Waals surface area contributed by atoms with Crippen LogP contribution in [0.25, 0.3) is 0 Å². The van der Waals surface area contributed by atoms with Crippen molar-refractivity contribution in [1.82, 2.24) is 5.32 Å². The van der Waals surface area contributed by atoms with Gasteiger partial charge >= 0.3 is 0 Å². The minimum Gasteiger partial charge on any atom is -0.487 e. The largest absolute Gasteiger partial charge is 0.487 e. The van der Waals surface area contributed by atoms with Gasteiger partial charge in [0.15, 0.2) is 0 Å². The molecule has 2 atom stereocenters. The molecule has 128 valence electrons. The van der Waals surface area contributed by atoms with E-state index in [-0.39, 0.29) is 30.4 Å². The van der Waals surface area contributed by atoms with Crippen molar-refractivity contribution in [2.75, 3.05) is 0 Å². The first-order chi connectivity index (χ1) is 12.1. The summed E-state index contributed by atoms with van der Waals surface area (Å²) in [5, 5.41) is 12.5. The van der Waals surface area contributed by atoms with Crippen molar-refractivity contribution < 1.29 is 13.9 Å². The lowest BCUT2D eigenvalue weighted by molar-refractivity contribution is -0.119. The van der Waals surface area contributed by atoms with Crippen molar-refractivity contribution in [3.05, 3.63) is 65.0 Å². The number of halogens is 1. The standard InChI is InChI=1S/C19H18FN3O2/c20-15-4-2-1-3-13(15)11-25-18-8-5-12(9-14(18)10-21)16-6-7-17(23-16)19(22)24/h1-5,8-9,16-17,23H,6-7,11H2,(H2,22,24). The summed E-state index contributed by atoms with van der Waals surface area (Å²) < 4.78 is 19.3. The monoisotopic (exact) mass is 339 g/mol. The highest BCUT2D eigenvalue weighted by Gasteiger charge is 2.28. The quantitative estimate of drug-likeness (QED) is 0.876. The zero-order valence-corrected chi connectivity index (χ0v) is 13.5. The first-order valence-corrected chi connectivity index (χ1v) is 8.04. The molecule has 0 spiro atoms. The first kappa shape index (κ1) is 16.9. The average molecular weight is 339 g/mol. The molecule has 1 fully saturated rings. The maximum atomic E-state index is 13.7. The fourth-order valence-electron chi connectivity index (χ4n) is 2.98. The van der Waals surface area contributed by atoms with Gasteiger partial charge in [-0.2, -0.15) is 5.26 Å². The van der Waals surface area contributed by atoms with Crippen LogP contribution in [0.2, 0.25) is 0 Å². The highest BCUT2D eigenvalue weighted by atomic mass is 19.1. The molecule has 5 nitrogen and oxygen atoms in total. The Morgan fingerprint density at radius 2 is 2.12 bits per heavy atom. The van der Waals surface area contributed by atoms with Crippen molar-refractivity contribution in [2.24, 2.45) is 5.73 Å². The summed E-state index contributed by atoms with van der Waals surface area (Å²) in [5.41, 5.74) is 7.02. The van der Waals surface area contributed by atoms with Crippen LogP contribution in [-0.2, 0) is 11.4 Å². The highest BCUT2D eigenvalue weighted by molar-refractivity contribution is 5.80. The molecule has 0 aromatic heterocycles. The van der Waals surface area contributed by atoms with Gasteiger partial charge in [0, 0.05) is 11.6 Å². The Kier molecular flexibility index (Phi) is 4.96. The molecule has 1 saturated heterocycles. The van der Waals surface area contributed by atoms with Gasteiger partial charge in [0.2, 0.25) is 5.91 Å². The Labute approximate surface area is 145 Å². The topological polar surface area (TPSA) is 88.1 Å². The Balaban J connectivity index is 1.73. The van der Waals surface area contributed by atoms with Crippen LogP contribution in [0.3, 0.4) is 0 Å². The molecular formula is C19H18FN3O2. The van der Waals surface area contributed by atoms with E-state index in [0.29, 0.717) is 23.3 Å². The lowest BCUT2D eigenvalue weighted by atomic mass is 10.0. The molecule has 1 aliphatic heterocycles. The van der Waals surface area contributed by atoms with Crippen LogP contribution in [0.4, 0.5) is 4.39 Å². The minimum absolute atomic E-state index is 0.0229. The van der Waals surface area contributed by atoms with Gasteiger partial charge in [-0.05, 0) is 36.6 Å². The second-order valence-electron chi connectivity index (χ2n) is 6.00. The summed E-state index contributed by atoms with van der Waals surface area (Å²) in [5.74, 6) is -0.308. The van der Waals surface area contributed by atoms with Crippen molar-refractivity contribution in [1.29, 1.82) is 5.26 Å². The summed E-state index contributed by atoms with van der Waals surface area (Å²) >= 11 is 0. The highest BCUT2D eigenvalue weighted by Crippen LogP contribution is 2.30. The summed E-state index contributed by atoms with van der Waals surface area (Å²) in [7, 11) is 0. The molecule has 3 rings (SSSR count). The molecule has 2 aromatic rings. The van der Waals surface area contributed by atoms with E-state index in [2.05, 4.69) is 11.4 Å². The summed E-state index contributed by atoms with van der Waals surface area (Å²) in [6.45, 7) is 0.0477. The Morgan fingerprint density at radius 1 is 1.32 bits per heavy atom. The molecule has 0 aliphatic carbocycles. The number of ether oxygens (including phenoxy) is 1. The summed E-state index contributed by atoms with van der Waals surface area (Å²) in [4.78, 5) is 11.3. The van der Waals surface area contributed by atoms with Crippen molar-refractivity contribution in [3.63, 3.8) is 0 Å². The minimum atomic E-state index is -0.368. The van der Waals surface area contributed by atoms with Gasteiger partial charge in [-0.3, -0.25) is 10.1 Å². The number of nitrogens with two attached hydrogens (primary N) is 1. The number of carbonyl (C=O) groups is 1. The fourth-order valence-corrected chi connectivity index (χ4v) is 2.98. The molecule has 0 radical (unpaired) electrons. The fraction of sp³-hybridized carbons (Fsp3) is 0.263. The molecule has 2 aromatic carbocycles. The summed E-state index contributed by atoms with van der Waals surface area (Å²) in [6, 6.07) is 13.4. The van der Waals surface area contributed by atoms with Crippen LogP contribution in [-0.4, -0.2) is 11.9 Å². The number of primary amides is 1. The van der Waals surface area contributed by atoms with Crippen molar-refractivity contribution >= 4 is 5.91 Å². The maximum Gasteiger partial charge on any atom is 0.234 e. The van der Waals surface area contributed by atoms with Gasteiger partial charge in [-0.15, -0.1) is 0 Å². The van der Waals surface area contributed by atoms with Gasteiger partial charge in [-0.1, -0.05) is 24.3 Å². The number of hydrogen-bond acceptors (Lipinski definition) is 4. The van der Waals surface area contributed by atoms with Crippen LogP contribution in [0.5, 0.6) is 5.75 Å². The normalized spacial score (nSPS) is 19.4. The van der Waals surface area contributed by atoms with E-state index in [0.717, 1.165) is 12.0 Å². The van der Waals surface area contributed by atoms with E-state index in [4.69, 9.17) is 10.5 Å². The number of nitriles is 1. The first-order valence-electron chi connectivity index (χ1n) is 8.04. The van der Waals surface area contributed by atoms with Gasteiger partial charge < -0.3 is 10.5 Å². The van der Waals surface area contributed by atoms with E-state index >= 15 is 0 Å². The van der Waals surface area contributed by atoms with Crippen LogP contribution < -0.4 is 15.8 Å². The molecule has 1 aliphatic rings. The molecule has 6 heteroatoms. The van der Waals surface area contributed by atoms with Crippen molar-refractivity contribution in [2.45, 2.75) is 31.5 Å². The summed E-state index contributed by atoms with van der Waals surface area (Å²) in [6.07, 6.45) is 1.45. The van der Waals surface area contributed by atoms with Crippen LogP contribution in [0.15, 0.2) is 42.5 Å². The molecular weight excluding hydrogens is 321 g/mol. The van der Waals surface area contributed by atoms with Crippen molar-refractivity contribution in [3.8, 4) is 11.8 Å². The molecule has 1 amide bonds. The molecule has 0 bridgehead atoms. The predicted octanol–water partition coefficient (Wildman–Crippen LogP) is 2.55. The second-order valence-corrected chi connectivity index (χ2v) is 6.00. The number of nitrogens with zero attached hydrogens (tertiary/aromatic N) is 1. The number of rotatable bonds is 5. The second kappa shape index (κ2) is 7.32. The number of nitrogens with one attached hydrogen (secondary N) is 1. The number of amides is 1. The van der Waals surface area contributed by atoms with E-state index in [1.165, 1.54) is 6.07 Å². The number of hydrogen-bond donors (Lipinski definition) is 2. The molecule has 1 heterocycles. The molecule has 25 heavy (non-hydrogen) atoms. The van der Waals surface area contributed by atoms with E-state index < -0.39 is 0 Å². The third-order valence-corrected chi connectivity index (χ3v) is 4.36. The maximum absolute atomic E-state index is 13.7. The van der Waals surface area contributed by atoms with E-state index in [1.54, 1.807) is 30.3 Å². The zero-order valence-electron chi connectivity index (χ0n) is 13.5. The SMILES string of the molecule is N#Cc1cc(C2CCC(C(N)=O)N2)ccc1OCc1ccccc1F. The Bertz CT molecular complexity index is 832. The number of benzene rings is 2. The Morgan fingerprint density at radius 3 is 2.80 bits per heavy atom. The predicted molar refractivity (Wildman–Crippen MR) is 90.0 cm³/mol. The van der Waals surface area contributed by atoms with Crippen LogP contribution in [0, 0.1) is 17.1 Å². The average Bonchev–Trinajstić information content (AvgIpc) is 3.11. The lowest BCUT2D eigenvalue weighted by Crippen LogP contribution is -2.37. The smallest absolute Gasteiger partial charge is 0.234 e. The van der Waals surface area contributed by atoms with Gasteiger partial charge in [-0.25, -0.2) is 4.39 Å². The number of carbonyl (C=O) groups excluding carboxylic acids is 1. The molecule has 0 saturated carbocycles. The molecule has 3 N–H and O–H groups in total.